The van der Waals surface area contributed by atoms with E-state index in [1.807, 2.05) is 12.1 Å². The van der Waals surface area contributed by atoms with Crippen molar-refractivity contribution in [2.45, 2.75) is 52.4 Å². The first kappa shape index (κ1) is 19.1. The zero-order valence-electron chi connectivity index (χ0n) is 15.6. The van der Waals surface area contributed by atoms with Gasteiger partial charge in [-0.1, -0.05) is 48.6 Å². The smallest absolute Gasteiger partial charge is 0.127 e. The Hall–Kier alpha value is -2.28. The molecule has 0 fully saturated rings. The normalized spacial score (nSPS) is 11.4. The highest BCUT2D eigenvalue weighted by atomic mass is 16.5. The predicted octanol–water partition coefficient (Wildman–Crippen LogP) is 7.28. The predicted molar refractivity (Wildman–Crippen MR) is 108 cm³/mol. The van der Waals surface area contributed by atoms with Crippen LogP contribution in [0.4, 0.5) is 0 Å². The average molecular weight is 335 g/mol. The lowest BCUT2D eigenvalue weighted by Gasteiger charge is -2.09. The summed E-state index contributed by atoms with van der Waals surface area (Å²) in [4.78, 5) is 0. The maximum absolute atomic E-state index is 6.09. The first-order valence-corrected chi connectivity index (χ1v) is 9.40. The van der Waals surface area contributed by atoms with Crippen molar-refractivity contribution < 1.29 is 4.74 Å². The van der Waals surface area contributed by atoms with Gasteiger partial charge >= 0.3 is 0 Å². The summed E-state index contributed by atoms with van der Waals surface area (Å²) < 4.78 is 6.09. The molecule has 1 nitrogen and oxygen atoms in total. The third kappa shape index (κ3) is 7.43. The number of hydrogen-bond acceptors (Lipinski definition) is 1. The number of allylic oxidation sites excluding steroid dienone is 4. The second kappa shape index (κ2) is 11.3. The molecular weight excluding hydrogens is 304 g/mol. The maximum Gasteiger partial charge on any atom is 0.127 e. The van der Waals surface area contributed by atoms with E-state index < -0.39 is 0 Å². The molecule has 0 aliphatic carbocycles. The van der Waals surface area contributed by atoms with Crippen molar-refractivity contribution in [1.82, 2.24) is 0 Å². The van der Waals surface area contributed by atoms with Crippen molar-refractivity contribution in [1.29, 1.82) is 0 Å². The molecular formula is C24H30O. The van der Waals surface area contributed by atoms with Gasteiger partial charge in [0.2, 0.25) is 0 Å². The van der Waals surface area contributed by atoms with Crippen LogP contribution in [0.1, 0.15) is 50.7 Å². The van der Waals surface area contributed by atoms with E-state index in [0.717, 1.165) is 37.2 Å². The molecule has 2 aromatic carbocycles. The summed E-state index contributed by atoms with van der Waals surface area (Å²) in [6, 6.07) is 16.9. The van der Waals surface area contributed by atoms with E-state index in [1.54, 1.807) is 0 Å². The molecule has 0 radical (unpaired) electrons. The van der Waals surface area contributed by atoms with Crippen LogP contribution < -0.4 is 4.74 Å². The molecule has 0 atom stereocenters. The minimum absolute atomic E-state index is 0.926. The van der Waals surface area contributed by atoms with Crippen molar-refractivity contribution in [2.24, 2.45) is 0 Å². The van der Waals surface area contributed by atoms with Gasteiger partial charge in [0.15, 0.2) is 0 Å². The zero-order valence-corrected chi connectivity index (χ0v) is 15.6. The summed E-state index contributed by atoms with van der Waals surface area (Å²) in [5.41, 5.74) is 2.68. The third-order valence-electron chi connectivity index (χ3n) is 4.18. The van der Waals surface area contributed by atoms with Crippen molar-refractivity contribution in [3.8, 4) is 11.5 Å². The van der Waals surface area contributed by atoms with Crippen LogP contribution in [0.25, 0.3) is 0 Å². The van der Waals surface area contributed by atoms with Crippen LogP contribution in [0, 0.1) is 0 Å². The minimum Gasteiger partial charge on any atom is -0.457 e. The van der Waals surface area contributed by atoms with Crippen LogP contribution in [-0.4, -0.2) is 0 Å². The summed E-state index contributed by atoms with van der Waals surface area (Å²) in [6.07, 6.45) is 15.5. The first-order valence-electron chi connectivity index (χ1n) is 9.40. The lowest BCUT2D eigenvalue weighted by atomic mass is 10.1. The molecule has 0 spiro atoms. The highest BCUT2D eigenvalue weighted by molar-refractivity contribution is 5.36. The van der Waals surface area contributed by atoms with Gasteiger partial charge in [0.1, 0.15) is 11.5 Å². The summed E-state index contributed by atoms with van der Waals surface area (Å²) in [7, 11) is 0. The van der Waals surface area contributed by atoms with Crippen molar-refractivity contribution >= 4 is 0 Å². The van der Waals surface area contributed by atoms with Gasteiger partial charge in [0, 0.05) is 0 Å². The summed E-state index contributed by atoms with van der Waals surface area (Å²) in [5.74, 6) is 1.85. The van der Waals surface area contributed by atoms with Crippen LogP contribution in [-0.2, 0) is 12.8 Å². The Morgan fingerprint density at radius 3 is 1.64 bits per heavy atom. The topological polar surface area (TPSA) is 9.23 Å². The monoisotopic (exact) mass is 334 g/mol. The molecule has 132 valence electrons. The van der Waals surface area contributed by atoms with E-state index in [2.05, 4.69) is 74.5 Å². The average Bonchev–Trinajstić information content (AvgIpc) is 2.63. The number of rotatable bonds is 10. The fraction of sp³-hybridized carbons (Fsp3) is 0.333. The van der Waals surface area contributed by atoms with Crippen LogP contribution in [0.2, 0.25) is 0 Å². The van der Waals surface area contributed by atoms with Crippen LogP contribution in [0.3, 0.4) is 0 Å². The van der Waals surface area contributed by atoms with Crippen molar-refractivity contribution in [3.63, 3.8) is 0 Å². The van der Waals surface area contributed by atoms with Gasteiger partial charge in [-0.05, 0) is 87.8 Å². The second-order valence-corrected chi connectivity index (χ2v) is 6.32. The third-order valence-corrected chi connectivity index (χ3v) is 4.18. The van der Waals surface area contributed by atoms with Crippen LogP contribution >= 0.6 is 0 Å². The molecule has 2 aromatic rings. The highest BCUT2D eigenvalue weighted by Crippen LogP contribution is 2.24. The molecule has 0 aliphatic rings. The van der Waals surface area contributed by atoms with E-state index >= 15 is 0 Å². The van der Waals surface area contributed by atoms with Crippen LogP contribution in [0.5, 0.6) is 11.5 Å². The molecule has 0 unspecified atom stereocenters. The molecule has 0 saturated carbocycles. The van der Waals surface area contributed by atoms with E-state index in [-0.39, 0.29) is 0 Å². The Labute approximate surface area is 153 Å². The SMILES string of the molecule is C/C=C/CCCc1cccc(Oc2cccc(CCC/C=C/C)c2)c1. The Kier molecular flexibility index (Phi) is 8.61. The van der Waals surface area contributed by atoms with Crippen LogP contribution in [0.15, 0.2) is 72.8 Å². The quantitative estimate of drug-likeness (QED) is 0.328. The van der Waals surface area contributed by atoms with E-state index in [4.69, 9.17) is 4.74 Å². The van der Waals surface area contributed by atoms with Crippen molar-refractivity contribution in [3.05, 3.63) is 84.0 Å². The van der Waals surface area contributed by atoms with Gasteiger partial charge in [-0.3, -0.25) is 0 Å². The van der Waals surface area contributed by atoms with Gasteiger partial charge in [-0.15, -0.1) is 0 Å². The Bertz CT molecular complexity index is 622. The van der Waals surface area contributed by atoms with Gasteiger partial charge in [-0.25, -0.2) is 0 Å². The standard InChI is InChI=1S/C24H30O/c1-3-5-7-9-13-21-15-11-17-23(19-21)25-24-18-12-16-22(20-24)14-10-8-6-4-2/h3-6,11-12,15-20H,7-10,13-14H2,1-2H3/b5-3+,6-4+. The maximum atomic E-state index is 6.09. The molecule has 0 bridgehead atoms. The van der Waals surface area contributed by atoms with Gasteiger partial charge in [0.05, 0.1) is 0 Å². The molecule has 0 saturated heterocycles. The van der Waals surface area contributed by atoms with E-state index in [9.17, 15) is 0 Å². The summed E-state index contributed by atoms with van der Waals surface area (Å²) in [6.45, 7) is 4.15. The van der Waals surface area contributed by atoms with Gasteiger partial charge in [0.25, 0.3) is 0 Å². The van der Waals surface area contributed by atoms with E-state index in [0.29, 0.717) is 0 Å². The zero-order chi connectivity index (χ0) is 17.7. The van der Waals surface area contributed by atoms with Crippen molar-refractivity contribution in [2.75, 3.05) is 0 Å². The summed E-state index contributed by atoms with van der Waals surface area (Å²) in [5, 5.41) is 0. The van der Waals surface area contributed by atoms with E-state index in [1.165, 1.54) is 24.0 Å². The second-order valence-electron chi connectivity index (χ2n) is 6.32. The Balaban J connectivity index is 1.92. The summed E-state index contributed by atoms with van der Waals surface area (Å²) >= 11 is 0. The molecule has 0 aliphatic heterocycles. The molecule has 0 N–H and O–H groups in total. The molecule has 0 aromatic heterocycles. The Morgan fingerprint density at radius 2 is 1.20 bits per heavy atom. The number of unbranched alkanes of at least 4 members (excludes halogenated alkanes) is 2. The molecule has 0 heterocycles. The molecule has 25 heavy (non-hydrogen) atoms. The lowest BCUT2D eigenvalue weighted by Crippen LogP contribution is -1.90. The number of benzene rings is 2. The largest absolute Gasteiger partial charge is 0.457 e. The minimum atomic E-state index is 0.926. The number of aryl methyl sites for hydroxylation is 2. The van der Waals surface area contributed by atoms with Gasteiger partial charge < -0.3 is 4.74 Å². The Morgan fingerprint density at radius 1 is 0.720 bits per heavy atom. The molecule has 1 heteroatoms. The number of hydrogen-bond donors (Lipinski definition) is 0. The molecule has 0 amide bonds. The lowest BCUT2D eigenvalue weighted by molar-refractivity contribution is 0.481. The van der Waals surface area contributed by atoms with Gasteiger partial charge in [-0.2, -0.15) is 0 Å². The molecule has 2 rings (SSSR count). The fourth-order valence-electron chi connectivity index (χ4n) is 2.85. The highest BCUT2D eigenvalue weighted by Gasteiger charge is 2.01. The fourth-order valence-corrected chi connectivity index (χ4v) is 2.85. The first-order chi connectivity index (χ1) is 12.3. The number of ether oxygens (including phenoxy) is 1.